The van der Waals surface area contributed by atoms with E-state index in [0.29, 0.717) is 13.2 Å². The van der Waals surface area contributed by atoms with Crippen LogP contribution in [0.1, 0.15) is 37.2 Å². The van der Waals surface area contributed by atoms with Crippen LogP contribution in [-0.4, -0.2) is 6.61 Å². The molecule has 0 atom stereocenters. The normalized spacial score (nSPS) is 16.6. The number of hydrogen-bond acceptors (Lipinski definition) is 3. The monoisotopic (exact) mass is 209 g/mol. The molecule has 1 aromatic rings. The summed E-state index contributed by atoms with van der Waals surface area (Å²) in [5, 5.41) is 0. The molecule has 15 heavy (non-hydrogen) atoms. The second-order valence-corrected chi connectivity index (χ2v) is 4.21. The van der Waals surface area contributed by atoms with Crippen molar-refractivity contribution in [3.63, 3.8) is 0 Å². The molecule has 0 aromatic carbocycles. The Kier molecular flexibility index (Phi) is 3.80. The quantitative estimate of drug-likeness (QED) is 0.732. The van der Waals surface area contributed by atoms with E-state index in [1.165, 1.54) is 25.7 Å². The Balaban J connectivity index is 1.60. The van der Waals surface area contributed by atoms with Gasteiger partial charge in [0.25, 0.3) is 0 Å². The van der Waals surface area contributed by atoms with Gasteiger partial charge in [-0.3, -0.25) is 0 Å². The molecule has 84 valence electrons. The van der Waals surface area contributed by atoms with Crippen molar-refractivity contribution in [3.05, 3.63) is 23.7 Å². The van der Waals surface area contributed by atoms with Gasteiger partial charge in [-0.05, 0) is 24.5 Å². The van der Waals surface area contributed by atoms with Crippen LogP contribution in [0.4, 0.5) is 0 Å². The maximum absolute atomic E-state index is 5.55. The van der Waals surface area contributed by atoms with Gasteiger partial charge in [0, 0.05) is 6.61 Å². The molecule has 1 heterocycles. The summed E-state index contributed by atoms with van der Waals surface area (Å²) < 4.78 is 11.0. The highest BCUT2D eigenvalue weighted by Gasteiger charge is 2.16. The molecule has 0 amide bonds. The number of rotatable bonds is 6. The van der Waals surface area contributed by atoms with E-state index in [0.717, 1.165) is 24.0 Å². The molecular formula is C12H19NO2. The molecule has 0 aliphatic heterocycles. The molecule has 3 heteroatoms. The van der Waals surface area contributed by atoms with Crippen LogP contribution in [0.15, 0.2) is 16.5 Å². The molecule has 1 aliphatic carbocycles. The zero-order valence-corrected chi connectivity index (χ0v) is 9.08. The summed E-state index contributed by atoms with van der Waals surface area (Å²) >= 11 is 0. The van der Waals surface area contributed by atoms with Gasteiger partial charge < -0.3 is 14.9 Å². The van der Waals surface area contributed by atoms with Crippen LogP contribution in [0.2, 0.25) is 0 Å². The van der Waals surface area contributed by atoms with E-state index in [4.69, 9.17) is 14.9 Å². The van der Waals surface area contributed by atoms with Crippen LogP contribution in [0.25, 0.3) is 0 Å². The van der Waals surface area contributed by atoms with Crippen LogP contribution >= 0.6 is 0 Å². The van der Waals surface area contributed by atoms with Crippen molar-refractivity contribution in [2.45, 2.75) is 38.8 Å². The van der Waals surface area contributed by atoms with Gasteiger partial charge in [0.2, 0.25) is 0 Å². The fraction of sp³-hybridized carbons (Fsp3) is 0.667. The Hall–Kier alpha value is -0.800. The van der Waals surface area contributed by atoms with Gasteiger partial charge in [0.15, 0.2) is 0 Å². The molecule has 1 saturated carbocycles. The lowest BCUT2D eigenvalue weighted by Gasteiger charge is -2.24. The van der Waals surface area contributed by atoms with Crippen molar-refractivity contribution in [2.75, 3.05) is 6.61 Å². The summed E-state index contributed by atoms with van der Waals surface area (Å²) in [7, 11) is 0. The molecule has 0 unspecified atom stereocenters. The van der Waals surface area contributed by atoms with Crippen LogP contribution in [-0.2, 0) is 17.9 Å². The Labute approximate surface area is 90.6 Å². The lowest BCUT2D eigenvalue weighted by atomic mass is 9.83. The highest BCUT2D eigenvalue weighted by molar-refractivity contribution is 5.05. The molecule has 0 spiro atoms. The predicted octanol–water partition coefficient (Wildman–Crippen LogP) is 2.45. The van der Waals surface area contributed by atoms with Crippen molar-refractivity contribution in [1.29, 1.82) is 0 Å². The fourth-order valence-electron chi connectivity index (χ4n) is 1.81. The Morgan fingerprint density at radius 2 is 2.13 bits per heavy atom. The Morgan fingerprint density at radius 1 is 1.33 bits per heavy atom. The smallest absolute Gasteiger partial charge is 0.129 e. The van der Waals surface area contributed by atoms with Gasteiger partial charge in [0.05, 0.1) is 6.54 Å². The van der Waals surface area contributed by atoms with Crippen molar-refractivity contribution >= 4 is 0 Å². The van der Waals surface area contributed by atoms with Gasteiger partial charge in [-0.25, -0.2) is 0 Å². The van der Waals surface area contributed by atoms with Crippen molar-refractivity contribution in [2.24, 2.45) is 11.7 Å². The first-order valence-corrected chi connectivity index (χ1v) is 5.74. The topological polar surface area (TPSA) is 48.4 Å². The summed E-state index contributed by atoms with van der Waals surface area (Å²) in [5.74, 6) is 2.62. The molecule has 1 fully saturated rings. The SMILES string of the molecule is NCc1ccc(COCCC2CCC2)o1. The molecule has 0 radical (unpaired) electrons. The predicted molar refractivity (Wildman–Crippen MR) is 58.2 cm³/mol. The number of ether oxygens (including phenoxy) is 1. The lowest BCUT2D eigenvalue weighted by Crippen LogP contribution is -2.13. The zero-order valence-electron chi connectivity index (χ0n) is 9.08. The summed E-state index contributed by atoms with van der Waals surface area (Å²) in [6.07, 6.45) is 5.38. The molecule has 2 rings (SSSR count). The van der Waals surface area contributed by atoms with Gasteiger partial charge in [-0.15, -0.1) is 0 Å². The van der Waals surface area contributed by atoms with Crippen LogP contribution < -0.4 is 5.73 Å². The first-order valence-electron chi connectivity index (χ1n) is 5.74. The Morgan fingerprint density at radius 3 is 2.73 bits per heavy atom. The maximum Gasteiger partial charge on any atom is 0.129 e. The Bertz CT molecular complexity index is 292. The minimum absolute atomic E-state index is 0.460. The zero-order chi connectivity index (χ0) is 10.5. The number of nitrogens with two attached hydrogens (primary N) is 1. The van der Waals surface area contributed by atoms with E-state index in [1.54, 1.807) is 0 Å². The van der Waals surface area contributed by atoms with E-state index in [1.807, 2.05) is 12.1 Å². The highest BCUT2D eigenvalue weighted by Crippen LogP contribution is 2.29. The molecular weight excluding hydrogens is 190 g/mol. The standard InChI is InChI=1S/C12H19NO2/c13-8-11-4-5-12(15-11)9-14-7-6-10-2-1-3-10/h4-5,10H,1-3,6-9,13H2. The van der Waals surface area contributed by atoms with E-state index in [2.05, 4.69) is 0 Å². The van der Waals surface area contributed by atoms with Crippen LogP contribution in [0, 0.1) is 5.92 Å². The summed E-state index contributed by atoms with van der Waals surface area (Å²) in [6.45, 7) is 1.89. The van der Waals surface area contributed by atoms with Crippen molar-refractivity contribution in [3.8, 4) is 0 Å². The second-order valence-electron chi connectivity index (χ2n) is 4.21. The molecule has 0 bridgehead atoms. The first kappa shape index (κ1) is 10.7. The maximum atomic E-state index is 5.55. The third kappa shape index (κ3) is 3.08. The fourth-order valence-corrected chi connectivity index (χ4v) is 1.81. The van der Waals surface area contributed by atoms with Gasteiger partial charge in [-0.1, -0.05) is 19.3 Å². The number of furan rings is 1. The number of hydrogen-bond donors (Lipinski definition) is 1. The molecule has 3 nitrogen and oxygen atoms in total. The largest absolute Gasteiger partial charge is 0.462 e. The van der Waals surface area contributed by atoms with Crippen LogP contribution in [0.5, 0.6) is 0 Å². The van der Waals surface area contributed by atoms with Gasteiger partial charge >= 0.3 is 0 Å². The van der Waals surface area contributed by atoms with Gasteiger partial charge in [0.1, 0.15) is 18.1 Å². The molecule has 1 aliphatic rings. The average molecular weight is 209 g/mol. The molecule has 2 N–H and O–H groups in total. The van der Waals surface area contributed by atoms with E-state index >= 15 is 0 Å². The minimum atomic E-state index is 0.460. The third-order valence-corrected chi connectivity index (χ3v) is 3.06. The van der Waals surface area contributed by atoms with E-state index in [9.17, 15) is 0 Å². The highest BCUT2D eigenvalue weighted by atomic mass is 16.5. The van der Waals surface area contributed by atoms with Gasteiger partial charge in [-0.2, -0.15) is 0 Å². The van der Waals surface area contributed by atoms with E-state index in [-0.39, 0.29) is 0 Å². The van der Waals surface area contributed by atoms with Crippen molar-refractivity contribution in [1.82, 2.24) is 0 Å². The van der Waals surface area contributed by atoms with E-state index < -0.39 is 0 Å². The molecule has 0 saturated heterocycles. The third-order valence-electron chi connectivity index (χ3n) is 3.06. The molecule has 1 aromatic heterocycles. The minimum Gasteiger partial charge on any atom is -0.462 e. The second kappa shape index (κ2) is 5.33. The summed E-state index contributed by atoms with van der Waals surface area (Å²) in [6, 6.07) is 3.84. The van der Waals surface area contributed by atoms with Crippen molar-refractivity contribution < 1.29 is 9.15 Å². The lowest BCUT2D eigenvalue weighted by molar-refractivity contribution is 0.0830. The average Bonchev–Trinajstić information content (AvgIpc) is 2.62. The first-order chi connectivity index (χ1) is 7.38. The summed E-state index contributed by atoms with van der Waals surface area (Å²) in [5.41, 5.74) is 5.45. The summed E-state index contributed by atoms with van der Waals surface area (Å²) in [4.78, 5) is 0. The van der Waals surface area contributed by atoms with Crippen LogP contribution in [0.3, 0.4) is 0 Å².